The summed E-state index contributed by atoms with van der Waals surface area (Å²) in [6.07, 6.45) is 0.582. The van der Waals surface area contributed by atoms with E-state index in [2.05, 4.69) is 15.5 Å². The molecule has 0 saturated carbocycles. The van der Waals surface area contributed by atoms with Gasteiger partial charge in [0.25, 0.3) is 0 Å². The van der Waals surface area contributed by atoms with Gasteiger partial charge in [-0.15, -0.1) is 5.10 Å². The van der Waals surface area contributed by atoms with Crippen molar-refractivity contribution in [3.63, 3.8) is 0 Å². The predicted octanol–water partition coefficient (Wildman–Crippen LogP) is 2.17. The molecule has 0 spiro atoms. The second-order valence-electron chi connectivity index (χ2n) is 4.18. The van der Waals surface area contributed by atoms with Crippen molar-refractivity contribution in [3.8, 4) is 11.4 Å². The standard InChI is InChI=1S/C12H13ClN4O2/c1-8-7-9(13)4-5-10(8)12-14-15-16-17(12)6-2-3-11(18)19/h4-5,7H,2-3,6H2,1H3,(H,18,19). The quantitative estimate of drug-likeness (QED) is 0.908. The zero-order valence-corrected chi connectivity index (χ0v) is 11.1. The van der Waals surface area contributed by atoms with E-state index in [1.54, 1.807) is 10.7 Å². The third-order valence-electron chi connectivity index (χ3n) is 2.72. The molecule has 0 aliphatic carbocycles. The molecule has 0 fully saturated rings. The first kappa shape index (κ1) is 13.5. The Morgan fingerprint density at radius 2 is 2.26 bits per heavy atom. The average Bonchev–Trinajstić information content (AvgIpc) is 2.77. The molecule has 0 amide bonds. The second kappa shape index (κ2) is 5.79. The fourth-order valence-electron chi connectivity index (χ4n) is 1.81. The molecule has 1 aromatic carbocycles. The molecule has 7 heteroatoms. The SMILES string of the molecule is Cc1cc(Cl)ccc1-c1nnnn1CCCC(=O)O. The minimum atomic E-state index is -0.822. The lowest BCUT2D eigenvalue weighted by atomic mass is 10.1. The van der Waals surface area contributed by atoms with Crippen LogP contribution in [-0.2, 0) is 11.3 Å². The van der Waals surface area contributed by atoms with E-state index in [0.29, 0.717) is 23.8 Å². The molecule has 6 nitrogen and oxygen atoms in total. The summed E-state index contributed by atoms with van der Waals surface area (Å²) in [7, 11) is 0. The maximum absolute atomic E-state index is 10.5. The summed E-state index contributed by atoms with van der Waals surface area (Å²) < 4.78 is 1.61. The Kier molecular flexibility index (Phi) is 4.11. The third-order valence-corrected chi connectivity index (χ3v) is 2.96. The lowest BCUT2D eigenvalue weighted by Crippen LogP contribution is -2.06. The molecule has 0 aliphatic rings. The molecule has 100 valence electrons. The van der Waals surface area contributed by atoms with E-state index in [4.69, 9.17) is 16.7 Å². The van der Waals surface area contributed by atoms with Gasteiger partial charge in [-0.1, -0.05) is 11.6 Å². The van der Waals surface area contributed by atoms with E-state index in [0.717, 1.165) is 11.1 Å². The molecule has 2 rings (SSSR count). The Hall–Kier alpha value is -1.95. The summed E-state index contributed by atoms with van der Waals surface area (Å²) in [6, 6.07) is 5.48. The highest BCUT2D eigenvalue weighted by Gasteiger charge is 2.11. The highest BCUT2D eigenvalue weighted by Crippen LogP contribution is 2.23. The zero-order chi connectivity index (χ0) is 13.8. The minimum Gasteiger partial charge on any atom is -0.481 e. The van der Waals surface area contributed by atoms with Crippen LogP contribution in [0.15, 0.2) is 18.2 Å². The van der Waals surface area contributed by atoms with Crippen molar-refractivity contribution in [2.45, 2.75) is 26.3 Å². The topological polar surface area (TPSA) is 80.9 Å². The number of hydrogen-bond donors (Lipinski definition) is 1. The van der Waals surface area contributed by atoms with Gasteiger partial charge < -0.3 is 5.11 Å². The van der Waals surface area contributed by atoms with Crippen molar-refractivity contribution in [2.24, 2.45) is 0 Å². The smallest absolute Gasteiger partial charge is 0.303 e. The molecule has 0 atom stereocenters. The predicted molar refractivity (Wildman–Crippen MR) is 69.9 cm³/mol. The van der Waals surface area contributed by atoms with E-state index in [9.17, 15) is 4.79 Å². The van der Waals surface area contributed by atoms with Gasteiger partial charge in [-0.2, -0.15) is 0 Å². The molecular formula is C12H13ClN4O2. The number of aromatic nitrogens is 4. The highest BCUT2D eigenvalue weighted by atomic mass is 35.5. The van der Waals surface area contributed by atoms with E-state index >= 15 is 0 Å². The lowest BCUT2D eigenvalue weighted by Gasteiger charge is -2.06. The van der Waals surface area contributed by atoms with Crippen LogP contribution in [0.1, 0.15) is 18.4 Å². The monoisotopic (exact) mass is 280 g/mol. The number of aliphatic carboxylic acids is 1. The summed E-state index contributed by atoms with van der Waals surface area (Å²) in [6.45, 7) is 2.40. The van der Waals surface area contributed by atoms with E-state index in [1.165, 1.54) is 0 Å². The van der Waals surface area contributed by atoms with Crippen LogP contribution in [0, 0.1) is 6.92 Å². The van der Waals surface area contributed by atoms with Crippen LogP contribution >= 0.6 is 11.6 Å². The lowest BCUT2D eigenvalue weighted by molar-refractivity contribution is -0.137. The number of nitrogens with zero attached hydrogens (tertiary/aromatic N) is 4. The van der Waals surface area contributed by atoms with Crippen LogP contribution in [0.4, 0.5) is 0 Å². The van der Waals surface area contributed by atoms with E-state index in [-0.39, 0.29) is 6.42 Å². The molecule has 0 unspecified atom stereocenters. The number of aryl methyl sites for hydroxylation is 2. The van der Waals surface area contributed by atoms with Crippen molar-refractivity contribution in [3.05, 3.63) is 28.8 Å². The summed E-state index contributed by atoms with van der Waals surface area (Å²) >= 11 is 5.91. The second-order valence-corrected chi connectivity index (χ2v) is 4.62. The van der Waals surface area contributed by atoms with Crippen LogP contribution in [0.3, 0.4) is 0 Å². The fraction of sp³-hybridized carbons (Fsp3) is 0.333. The van der Waals surface area contributed by atoms with Crippen LogP contribution in [-0.4, -0.2) is 31.3 Å². The number of carbonyl (C=O) groups is 1. The van der Waals surface area contributed by atoms with E-state index in [1.807, 2.05) is 19.1 Å². The highest BCUT2D eigenvalue weighted by molar-refractivity contribution is 6.30. The van der Waals surface area contributed by atoms with Gasteiger partial charge in [0, 0.05) is 23.6 Å². The van der Waals surface area contributed by atoms with Crippen molar-refractivity contribution in [2.75, 3.05) is 0 Å². The zero-order valence-electron chi connectivity index (χ0n) is 10.4. The van der Waals surface area contributed by atoms with Crippen molar-refractivity contribution in [1.29, 1.82) is 0 Å². The average molecular weight is 281 g/mol. The Bertz CT molecular complexity index is 597. The molecule has 0 radical (unpaired) electrons. The maximum atomic E-state index is 10.5. The molecule has 1 heterocycles. The maximum Gasteiger partial charge on any atom is 0.303 e. The Labute approximate surface area is 115 Å². The van der Waals surface area contributed by atoms with Crippen molar-refractivity contribution in [1.82, 2.24) is 20.2 Å². The molecule has 1 aromatic heterocycles. The minimum absolute atomic E-state index is 0.0961. The summed E-state index contributed by atoms with van der Waals surface area (Å²) in [5, 5.41) is 20.8. The molecule has 1 N–H and O–H groups in total. The van der Waals surface area contributed by atoms with Gasteiger partial charge in [-0.05, 0) is 47.5 Å². The number of tetrazole rings is 1. The number of benzene rings is 1. The molecule has 0 bridgehead atoms. The number of rotatable bonds is 5. The molecule has 2 aromatic rings. The molecule has 0 saturated heterocycles. The van der Waals surface area contributed by atoms with Gasteiger partial charge in [-0.3, -0.25) is 4.79 Å². The number of carboxylic acids is 1. The summed E-state index contributed by atoms with van der Waals surface area (Å²) in [5.41, 5.74) is 1.87. The first-order valence-corrected chi connectivity index (χ1v) is 6.20. The van der Waals surface area contributed by atoms with Gasteiger partial charge >= 0.3 is 5.97 Å². The number of hydrogen-bond acceptors (Lipinski definition) is 4. The van der Waals surface area contributed by atoms with Gasteiger partial charge in [0.2, 0.25) is 0 Å². The van der Waals surface area contributed by atoms with Crippen molar-refractivity contribution < 1.29 is 9.90 Å². The van der Waals surface area contributed by atoms with Gasteiger partial charge in [0.05, 0.1) is 0 Å². The summed E-state index contributed by atoms with van der Waals surface area (Å²) in [5.74, 6) is -0.197. The third kappa shape index (κ3) is 3.29. The Morgan fingerprint density at radius 1 is 1.47 bits per heavy atom. The van der Waals surface area contributed by atoms with Crippen LogP contribution in [0.25, 0.3) is 11.4 Å². The first-order valence-electron chi connectivity index (χ1n) is 5.82. The largest absolute Gasteiger partial charge is 0.481 e. The first-order chi connectivity index (χ1) is 9.08. The summed E-state index contributed by atoms with van der Waals surface area (Å²) in [4.78, 5) is 10.5. The van der Waals surface area contributed by atoms with Crippen molar-refractivity contribution >= 4 is 17.6 Å². The van der Waals surface area contributed by atoms with E-state index < -0.39 is 5.97 Å². The van der Waals surface area contributed by atoms with Crippen LogP contribution < -0.4 is 0 Å². The van der Waals surface area contributed by atoms with Gasteiger partial charge in [0.15, 0.2) is 5.82 Å². The number of halogens is 1. The molecule has 0 aliphatic heterocycles. The van der Waals surface area contributed by atoms with Gasteiger partial charge in [-0.25, -0.2) is 4.68 Å². The van der Waals surface area contributed by atoms with Crippen LogP contribution in [0.2, 0.25) is 5.02 Å². The van der Waals surface area contributed by atoms with Crippen LogP contribution in [0.5, 0.6) is 0 Å². The molecule has 19 heavy (non-hydrogen) atoms. The Morgan fingerprint density at radius 3 is 2.95 bits per heavy atom. The molecular weight excluding hydrogens is 268 g/mol. The Balaban J connectivity index is 2.21. The fourth-order valence-corrected chi connectivity index (χ4v) is 2.03. The van der Waals surface area contributed by atoms with Gasteiger partial charge in [0.1, 0.15) is 0 Å². The normalized spacial score (nSPS) is 10.6. The number of carboxylic acid groups (broad SMARTS) is 1.